The first kappa shape index (κ1) is 23.6. The molecule has 35 heavy (non-hydrogen) atoms. The van der Waals surface area contributed by atoms with Crippen LogP contribution in [0, 0.1) is 0 Å². The third-order valence-corrected chi connectivity index (χ3v) is 5.31. The summed E-state index contributed by atoms with van der Waals surface area (Å²) >= 11 is 0. The molecule has 3 aromatic carbocycles. The highest BCUT2D eigenvalue weighted by Gasteiger charge is 2.13. The molecule has 178 valence electrons. The van der Waals surface area contributed by atoms with E-state index in [9.17, 15) is 4.79 Å². The van der Waals surface area contributed by atoms with Gasteiger partial charge in [-0.3, -0.25) is 9.89 Å². The van der Waals surface area contributed by atoms with E-state index in [0.717, 1.165) is 22.4 Å². The summed E-state index contributed by atoms with van der Waals surface area (Å²) in [5.74, 6) is 0.818. The fourth-order valence-corrected chi connectivity index (χ4v) is 3.35. The Morgan fingerprint density at radius 3 is 2.51 bits per heavy atom. The van der Waals surface area contributed by atoms with Crippen LogP contribution in [0.25, 0.3) is 11.3 Å². The number of aromatic amines is 1. The summed E-state index contributed by atoms with van der Waals surface area (Å²) in [6.07, 6.45) is 1.59. The lowest BCUT2D eigenvalue weighted by molar-refractivity contribution is 0.0950. The zero-order chi connectivity index (χ0) is 24.6. The van der Waals surface area contributed by atoms with Gasteiger partial charge < -0.3 is 14.4 Å². The largest absolute Gasteiger partial charge is 0.493 e. The second-order valence-electron chi connectivity index (χ2n) is 7.99. The Hall–Kier alpha value is -4.59. The molecule has 0 fully saturated rings. The number of hydrazone groups is 1. The average molecular weight is 470 g/mol. The van der Waals surface area contributed by atoms with Crippen molar-refractivity contribution in [2.45, 2.75) is 6.61 Å². The summed E-state index contributed by atoms with van der Waals surface area (Å²) in [7, 11) is 5.54. The summed E-state index contributed by atoms with van der Waals surface area (Å²) in [6, 6.07) is 24.9. The highest BCUT2D eigenvalue weighted by molar-refractivity contribution is 5.94. The highest BCUT2D eigenvalue weighted by atomic mass is 16.5. The topological polar surface area (TPSA) is 91.8 Å². The molecule has 0 unspecified atom stereocenters. The lowest BCUT2D eigenvalue weighted by Crippen LogP contribution is -2.18. The van der Waals surface area contributed by atoms with Gasteiger partial charge in [0.2, 0.25) is 0 Å². The van der Waals surface area contributed by atoms with Gasteiger partial charge in [-0.1, -0.05) is 42.5 Å². The second kappa shape index (κ2) is 11.0. The molecule has 0 spiro atoms. The van der Waals surface area contributed by atoms with Crippen LogP contribution in [0.4, 0.5) is 5.69 Å². The molecule has 1 aromatic heterocycles. The van der Waals surface area contributed by atoms with Gasteiger partial charge in [0.05, 0.1) is 19.0 Å². The van der Waals surface area contributed by atoms with Crippen LogP contribution in [-0.4, -0.2) is 43.5 Å². The minimum Gasteiger partial charge on any atom is -0.493 e. The quantitative estimate of drug-likeness (QED) is 0.278. The van der Waals surface area contributed by atoms with Gasteiger partial charge in [0.1, 0.15) is 12.3 Å². The Morgan fingerprint density at radius 2 is 1.80 bits per heavy atom. The van der Waals surface area contributed by atoms with Crippen LogP contribution in [0.5, 0.6) is 11.5 Å². The van der Waals surface area contributed by atoms with Crippen LogP contribution in [0.2, 0.25) is 0 Å². The molecule has 0 aliphatic rings. The standard InChI is InChI=1S/C27H27N5O3/c1-32(2)22-12-9-19(10-13-22)17-28-31-27(33)24-16-23(29-30-24)21-11-14-25(26(15-21)34-3)35-18-20-7-5-4-6-8-20/h4-17H,18H2,1-3H3,(H,29,30)(H,31,33)/b28-17-. The molecule has 2 N–H and O–H groups in total. The van der Waals surface area contributed by atoms with E-state index in [4.69, 9.17) is 9.47 Å². The van der Waals surface area contributed by atoms with Crippen molar-refractivity contribution in [1.82, 2.24) is 15.6 Å². The Morgan fingerprint density at radius 1 is 1.03 bits per heavy atom. The predicted octanol–water partition coefficient (Wildman–Crippen LogP) is 4.49. The smallest absolute Gasteiger partial charge is 0.289 e. The summed E-state index contributed by atoms with van der Waals surface area (Å²) in [4.78, 5) is 14.5. The zero-order valence-corrected chi connectivity index (χ0v) is 19.9. The number of nitrogens with zero attached hydrogens (tertiary/aromatic N) is 3. The fraction of sp³-hybridized carbons (Fsp3) is 0.148. The number of rotatable bonds is 9. The minimum absolute atomic E-state index is 0.295. The molecule has 8 nitrogen and oxygen atoms in total. The van der Waals surface area contributed by atoms with Gasteiger partial charge in [0.15, 0.2) is 11.5 Å². The first-order valence-corrected chi connectivity index (χ1v) is 11.0. The molecule has 4 rings (SSSR count). The number of amides is 1. The Kier molecular flexibility index (Phi) is 7.42. The maximum absolute atomic E-state index is 12.5. The Bertz CT molecular complexity index is 1300. The molecule has 0 bridgehead atoms. The first-order valence-electron chi connectivity index (χ1n) is 11.0. The van der Waals surface area contributed by atoms with Crippen LogP contribution < -0.4 is 19.8 Å². The molecule has 8 heteroatoms. The number of aromatic nitrogens is 2. The van der Waals surface area contributed by atoms with E-state index < -0.39 is 0 Å². The van der Waals surface area contributed by atoms with E-state index in [2.05, 4.69) is 20.7 Å². The number of methoxy groups -OCH3 is 1. The molecule has 1 heterocycles. The van der Waals surface area contributed by atoms with Gasteiger partial charge in [0.25, 0.3) is 5.91 Å². The number of carbonyl (C=O) groups is 1. The fourth-order valence-electron chi connectivity index (χ4n) is 3.35. The van der Waals surface area contributed by atoms with E-state index >= 15 is 0 Å². The maximum atomic E-state index is 12.5. The van der Waals surface area contributed by atoms with Crippen molar-refractivity contribution < 1.29 is 14.3 Å². The van der Waals surface area contributed by atoms with Crippen molar-refractivity contribution >= 4 is 17.8 Å². The van der Waals surface area contributed by atoms with Crippen molar-refractivity contribution in [3.63, 3.8) is 0 Å². The number of hydrogen-bond donors (Lipinski definition) is 2. The summed E-state index contributed by atoms with van der Waals surface area (Å²) in [5.41, 5.74) is 7.23. The van der Waals surface area contributed by atoms with E-state index in [1.165, 1.54) is 0 Å². The molecular weight excluding hydrogens is 442 g/mol. The molecule has 0 atom stereocenters. The second-order valence-corrected chi connectivity index (χ2v) is 7.99. The van der Waals surface area contributed by atoms with Crippen LogP contribution >= 0.6 is 0 Å². The number of H-pyrrole nitrogens is 1. The van der Waals surface area contributed by atoms with Crippen molar-refractivity contribution in [3.8, 4) is 22.8 Å². The third kappa shape index (κ3) is 6.05. The van der Waals surface area contributed by atoms with E-state index in [-0.39, 0.29) is 5.91 Å². The molecule has 0 saturated carbocycles. The van der Waals surface area contributed by atoms with Crippen molar-refractivity contribution in [2.75, 3.05) is 26.1 Å². The van der Waals surface area contributed by atoms with Gasteiger partial charge in [-0.05, 0) is 47.5 Å². The Balaban J connectivity index is 1.39. The van der Waals surface area contributed by atoms with Gasteiger partial charge >= 0.3 is 0 Å². The molecule has 0 saturated heterocycles. The van der Waals surface area contributed by atoms with E-state index in [1.807, 2.05) is 91.8 Å². The number of anilines is 1. The molecule has 1 amide bonds. The first-order chi connectivity index (χ1) is 17.0. The number of carbonyl (C=O) groups excluding carboxylic acids is 1. The third-order valence-electron chi connectivity index (χ3n) is 5.31. The summed E-state index contributed by atoms with van der Waals surface area (Å²) in [6.45, 7) is 0.434. The van der Waals surface area contributed by atoms with E-state index in [0.29, 0.717) is 29.5 Å². The monoisotopic (exact) mass is 469 g/mol. The van der Waals surface area contributed by atoms with Crippen molar-refractivity contribution in [2.24, 2.45) is 5.10 Å². The molecule has 4 aromatic rings. The lowest BCUT2D eigenvalue weighted by Gasteiger charge is -2.11. The predicted molar refractivity (Wildman–Crippen MR) is 137 cm³/mol. The van der Waals surface area contributed by atoms with Gasteiger partial charge in [-0.2, -0.15) is 10.2 Å². The molecular formula is C27H27N5O3. The molecule has 0 aliphatic heterocycles. The van der Waals surface area contributed by atoms with Crippen LogP contribution in [0.1, 0.15) is 21.6 Å². The minimum atomic E-state index is -0.389. The number of ether oxygens (including phenoxy) is 2. The average Bonchev–Trinajstić information content (AvgIpc) is 3.39. The van der Waals surface area contributed by atoms with Crippen LogP contribution in [0.15, 0.2) is 84.0 Å². The van der Waals surface area contributed by atoms with Crippen molar-refractivity contribution in [1.29, 1.82) is 0 Å². The zero-order valence-electron chi connectivity index (χ0n) is 19.9. The van der Waals surface area contributed by atoms with Gasteiger partial charge in [-0.15, -0.1) is 0 Å². The van der Waals surface area contributed by atoms with Gasteiger partial charge in [-0.25, -0.2) is 5.43 Å². The highest BCUT2D eigenvalue weighted by Crippen LogP contribution is 2.32. The van der Waals surface area contributed by atoms with Gasteiger partial charge in [0, 0.05) is 25.3 Å². The lowest BCUT2D eigenvalue weighted by atomic mass is 10.1. The van der Waals surface area contributed by atoms with E-state index in [1.54, 1.807) is 19.4 Å². The molecule has 0 radical (unpaired) electrons. The van der Waals surface area contributed by atoms with Crippen LogP contribution in [0.3, 0.4) is 0 Å². The number of hydrogen-bond acceptors (Lipinski definition) is 6. The summed E-state index contributed by atoms with van der Waals surface area (Å²) in [5, 5.41) is 11.1. The molecule has 0 aliphatic carbocycles. The Labute approximate surface area is 204 Å². The van der Waals surface area contributed by atoms with Crippen LogP contribution in [-0.2, 0) is 6.61 Å². The normalized spacial score (nSPS) is 10.8. The van der Waals surface area contributed by atoms with Crippen molar-refractivity contribution in [3.05, 3.63) is 95.7 Å². The summed E-state index contributed by atoms with van der Waals surface area (Å²) < 4.78 is 11.4. The number of nitrogens with one attached hydrogen (secondary N) is 2. The SMILES string of the molecule is COc1cc(-c2cc(C(=O)N/N=C\c3ccc(N(C)C)cc3)[nH]n2)ccc1OCc1ccccc1. The number of benzene rings is 3. The maximum Gasteiger partial charge on any atom is 0.289 e.